The average molecular weight is 346 g/mol. The summed E-state index contributed by atoms with van der Waals surface area (Å²) in [7, 11) is 1.82. The monoisotopic (exact) mass is 346 g/mol. The molecule has 0 aliphatic carbocycles. The van der Waals surface area contributed by atoms with Crippen molar-refractivity contribution in [1.82, 2.24) is 9.55 Å². The van der Waals surface area contributed by atoms with Crippen molar-refractivity contribution in [2.45, 2.75) is 18.6 Å². The molecule has 0 radical (unpaired) electrons. The van der Waals surface area contributed by atoms with Crippen molar-refractivity contribution < 1.29 is 9.53 Å². The van der Waals surface area contributed by atoms with Gasteiger partial charge in [-0.3, -0.25) is 4.79 Å². The number of rotatable bonds is 8. The van der Waals surface area contributed by atoms with Gasteiger partial charge in [0.1, 0.15) is 0 Å². The van der Waals surface area contributed by atoms with Gasteiger partial charge in [0.15, 0.2) is 5.82 Å². The molecule has 0 aliphatic rings. The Labute approximate surface area is 153 Å². The summed E-state index contributed by atoms with van der Waals surface area (Å²) in [6.45, 7) is 4.31. The number of Topliss-reactive ketones (excluding diaryl/α,β-unsaturated/α-hetero) is 1. The number of aryl methyl sites for hydroxylation is 1. The molecule has 0 spiro atoms. The van der Waals surface area contributed by atoms with Gasteiger partial charge in [0, 0.05) is 19.4 Å². The van der Waals surface area contributed by atoms with Crippen molar-refractivity contribution in [1.29, 1.82) is 0 Å². The molecule has 2 aromatic carbocycles. The number of benzene rings is 2. The Hall–Kier alpha value is -2.98. The van der Waals surface area contributed by atoms with Crippen LogP contribution in [0.5, 0.6) is 0 Å². The minimum absolute atomic E-state index is 0.0818. The van der Waals surface area contributed by atoms with E-state index in [4.69, 9.17) is 4.74 Å². The Morgan fingerprint density at radius 2 is 1.81 bits per heavy atom. The number of aromatic nitrogens is 2. The Morgan fingerprint density at radius 3 is 2.38 bits per heavy atom. The van der Waals surface area contributed by atoms with Crippen molar-refractivity contribution in [3.63, 3.8) is 0 Å². The summed E-state index contributed by atoms with van der Waals surface area (Å²) in [5.74, 6) is -0.172. The molecule has 0 amide bonds. The largest absolute Gasteiger partial charge is 0.368 e. The number of hydrogen-bond acceptors (Lipinski definition) is 3. The molecular weight excluding hydrogens is 324 g/mol. The second-order valence-corrected chi connectivity index (χ2v) is 6.11. The Balaban J connectivity index is 1.89. The van der Waals surface area contributed by atoms with Crippen LogP contribution in [-0.2, 0) is 18.4 Å². The Morgan fingerprint density at radius 1 is 1.15 bits per heavy atom. The molecule has 0 saturated carbocycles. The van der Waals surface area contributed by atoms with Gasteiger partial charge in [-0.2, -0.15) is 0 Å². The first-order valence-electron chi connectivity index (χ1n) is 8.55. The summed E-state index contributed by atoms with van der Waals surface area (Å²) >= 11 is 0. The quantitative estimate of drug-likeness (QED) is 0.454. The van der Waals surface area contributed by atoms with Crippen molar-refractivity contribution >= 4 is 5.78 Å². The van der Waals surface area contributed by atoms with E-state index < -0.39 is 12.0 Å². The topological polar surface area (TPSA) is 44.1 Å². The van der Waals surface area contributed by atoms with Crippen LogP contribution in [-0.4, -0.2) is 21.4 Å². The van der Waals surface area contributed by atoms with Crippen LogP contribution >= 0.6 is 0 Å². The lowest BCUT2D eigenvalue weighted by atomic mass is 9.88. The van der Waals surface area contributed by atoms with Gasteiger partial charge in [-0.25, -0.2) is 4.98 Å². The maximum absolute atomic E-state index is 13.2. The van der Waals surface area contributed by atoms with Crippen molar-refractivity contribution in [3.05, 3.63) is 103 Å². The molecule has 0 aliphatic heterocycles. The van der Waals surface area contributed by atoms with E-state index in [1.54, 1.807) is 23.0 Å². The second-order valence-electron chi connectivity index (χ2n) is 6.11. The fourth-order valence-corrected chi connectivity index (χ4v) is 2.96. The smallest absolute Gasteiger partial charge is 0.208 e. The number of carbonyl (C=O) groups excluding carboxylic acids is 1. The third-order valence-electron chi connectivity index (χ3n) is 4.33. The zero-order chi connectivity index (χ0) is 18.4. The fourth-order valence-electron chi connectivity index (χ4n) is 2.96. The first kappa shape index (κ1) is 17.8. The van der Waals surface area contributed by atoms with Gasteiger partial charge in [0.2, 0.25) is 5.78 Å². The van der Waals surface area contributed by atoms with Gasteiger partial charge in [-0.05, 0) is 11.1 Å². The molecule has 4 nitrogen and oxygen atoms in total. The molecule has 132 valence electrons. The van der Waals surface area contributed by atoms with Crippen LogP contribution in [0.1, 0.15) is 27.7 Å². The van der Waals surface area contributed by atoms with Crippen LogP contribution in [0, 0.1) is 0 Å². The van der Waals surface area contributed by atoms with E-state index in [1.807, 2.05) is 67.7 Å². The fraction of sp³-hybridized carbons (Fsp3) is 0.182. The molecule has 0 saturated heterocycles. The zero-order valence-electron chi connectivity index (χ0n) is 14.8. The molecule has 0 bridgehead atoms. The SMILES string of the molecule is C=C[C@H](OCc1ccccc1)[C@@H](C(=O)c1nccn1C)c1ccccc1. The third kappa shape index (κ3) is 3.98. The minimum atomic E-state index is -0.501. The maximum atomic E-state index is 13.2. The molecule has 26 heavy (non-hydrogen) atoms. The summed E-state index contributed by atoms with van der Waals surface area (Å²) in [5.41, 5.74) is 1.94. The summed E-state index contributed by atoms with van der Waals surface area (Å²) in [5, 5.41) is 0. The summed E-state index contributed by atoms with van der Waals surface area (Å²) < 4.78 is 7.81. The first-order chi connectivity index (χ1) is 12.7. The van der Waals surface area contributed by atoms with E-state index in [-0.39, 0.29) is 5.78 Å². The van der Waals surface area contributed by atoms with E-state index in [1.165, 1.54) is 0 Å². The van der Waals surface area contributed by atoms with E-state index in [9.17, 15) is 4.79 Å². The standard InChI is InChI=1S/C22H22N2O2/c1-3-19(26-16-17-10-6-4-7-11-17)20(18-12-8-5-9-13-18)21(25)22-23-14-15-24(22)2/h3-15,19-20H,1,16H2,2H3/t19-,20-/m0/s1. The van der Waals surface area contributed by atoms with Crippen molar-refractivity contribution in [3.8, 4) is 0 Å². The van der Waals surface area contributed by atoms with Gasteiger partial charge in [0.25, 0.3) is 0 Å². The molecule has 3 aromatic rings. The molecule has 2 atom stereocenters. The van der Waals surface area contributed by atoms with Crippen LogP contribution < -0.4 is 0 Å². The van der Waals surface area contributed by atoms with E-state index >= 15 is 0 Å². The first-order valence-corrected chi connectivity index (χ1v) is 8.55. The van der Waals surface area contributed by atoms with Gasteiger partial charge >= 0.3 is 0 Å². The van der Waals surface area contributed by atoms with Gasteiger partial charge < -0.3 is 9.30 Å². The molecule has 0 unspecified atom stereocenters. The lowest BCUT2D eigenvalue weighted by Gasteiger charge is -2.24. The predicted octanol–water partition coefficient (Wildman–Crippen LogP) is 4.16. The second kappa shape index (κ2) is 8.41. The highest BCUT2D eigenvalue weighted by Crippen LogP contribution is 2.27. The molecule has 0 fully saturated rings. The summed E-state index contributed by atoms with van der Waals surface area (Å²) in [6, 6.07) is 19.5. The van der Waals surface area contributed by atoms with Crippen LogP contribution in [0.15, 0.2) is 85.7 Å². The highest BCUT2D eigenvalue weighted by molar-refractivity contribution is 5.98. The average Bonchev–Trinajstić information content (AvgIpc) is 3.12. The highest BCUT2D eigenvalue weighted by atomic mass is 16.5. The highest BCUT2D eigenvalue weighted by Gasteiger charge is 2.31. The van der Waals surface area contributed by atoms with Gasteiger partial charge in [0.05, 0.1) is 18.6 Å². The zero-order valence-corrected chi connectivity index (χ0v) is 14.8. The lowest BCUT2D eigenvalue weighted by molar-refractivity contribution is 0.0473. The number of nitrogens with zero attached hydrogens (tertiary/aromatic N) is 2. The van der Waals surface area contributed by atoms with Gasteiger partial charge in [-0.1, -0.05) is 66.7 Å². The third-order valence-corrected chi connectivity index (χ3v) is 4.33. The van der Waals surface area contributed by atoms with Crippen molar-refractivity contribution in [2.75, 3.05) is 0 Å². The Bertz CT molecular complexity index is 856. The molecule has 0 N–H and O–H groups in total. The lowest BCUT2D eigenvalue weighted by Crippen LogP contribution is -2.29. The van der Waals surface area contributed by atoms with Crippen LogP contribution in [0.25, 0.3) is 0 Å². The minimum Gasteiger partial charge on any atom is -0.368 e. The molecule has 4 heteroatoms. The van der Waals surface area contributed by atoms with Crippen LogP contribution in [0.4, 0.5) is 0 Å². The molecule has 3 rings (SSSR count). The van der Waals surface area contributed by atoms with Crippen LogP contribution in [0.2, 0.25) is 0 Å². The normalized spacial score (nSPS) is 13.1. The van der Waals surface area contributed by atoms with E-state index in [0.717, 1.165) is 11.1 Å². The van der Waals surface area contributed by atoms with Crippen LogP contribution in [0.3, 0.4) is 0 Å². The molecule has 1 heterocycles. The predicted molar refractivity (Wildman–Crippen MR) is 102 cm³/mol. The molecular formula is C22H22N2O2. The van der Waals surface area contributed by atoms with Gasteiger partial charge in [-0.15, -0.1) is 6.58 Å². The summed E-state index contributed by atoms with van der Waals surface area (Å²) in [6.07, 6.45) is 4.63. The Kier molecular flexibility index (Phi) is 5.77. The van der Waals surface area contributed by atoms with Crippen molar-refractivity contribution in [2.24, 2.45) is 7.05 Å². The number of imidazole rings is 1. The number of ketones is 1. The maximum Gasteiger partial charge on any atom is 0.208 e. The summed E-state index contributed by atoms with van der Waals surface area (Å²) in [4.78, 5) is 17.4. The van der Waals surface area contributed by atoms with E-state index in [2.05, 4.69) is 11.6 Å². The number of carbonyl (C=O) groups is 1. The van der Waals surface area contributed by atoms with E-state index in [0.29, 0.717) is 12.4 Å². The number of hydrogen-bond donors (Lipinski definition) is 0. The molecule has 1 aromatic heterocycles. The number of ether oxygens (including phenoxy) is 1.